The molecule has 15 heavy (non-hydrogen) atoms. The molecule has 0 saturated heterocycles. The second-order valence-electron chi connectivity index (χ2n) is 3.82. The Kier molecular flexibility index (Phi) is 3.96. The molecule has 1 fully saturated rings. The fourth-order valence-electron chi connectivity index (χ4n) is 1.82. The van der Waals surface area contributed by atoms with Crippen LogP contribution in [0.2, 0.25) is 0 Å². The monoisotopic (exact) mass is 215 g/mol. The third kappa shape index (κ3) is 3.87. The van der Waals surface area contributed by atoms with E-state index in [1.165, 1.54) is 0 Å². The van der Waals surface area contributed by atoms with Gasteiger partial charge in [-0.05, 0) is 12.3 Å². The highest BCUT2D eigenvalue weighted by molar-refractivity contribution is 5.84. The van der Waals surface area contributed by atoms with Crippen molar-refractivity contribution < 1.29 is 16.1 Å². The van der Waals surface area contributed by atoms with E-state index in [9.17, 15) is 9.59 Å². The molecule has 0 aromatic rings. The average Bonchev–Trinajstić information content (AvgIpc) is 2.63. The minimum atomic E-state index is -1.10. The van der Waals surface area contributed by atoms with Crippen LogP contribution in [-0.4, -0.2) is 29.6 Å². The number of hydrogen-bond donors (Lipinski definition) is 3. The fourth-order valence-corrected chi connectivity index (χ4v) is 1.82. The summed E-state index contributed by atoms with van der Waals surface area (Å²) in [5, 5.41) is 11.3. The predicted molar refractivity (Wildman–Crippen MR) is 55.2 cm³/mol. The van der Waals surface area contributed by atoms with E-state index in [2.05, 4.69) is 5.32 Å². The number of carbonyl (C=O) groups is 2. The second-order valence-corrected chi connectivity index (χ2v) is 3.82. The molecule has 4 N–H and O–H groups in total. The summed E-state index contributed by atoms with van der Waals surface area (Å²) in [7, 11) is 0. The van der Waals surface area contributed by atoms with Crippen molar-refractivity contribution in [2.45, 2.75) is 38.1 Å². The normalized spacial score (nSPS) is 21.8. The van der Waals surface area contributed by atoms with E-state index >= 15 is 0 Å². The molecule has 0 radical (unpaired) electrons. The van der Waals surface area contributed by atoms with Crippen LogP contribution in [0.25, 0.3) is 0 Å². The summed E-state index contributed by atoms with van der Waals surface area (Å²) in [5.41, 5.74) is 5.11. The van der Waals surface area contributed by atoms with Crippen LogP contribution in [0.15, 0.2) is 0 Å². The number of hydrogen-bond acceptors (Lipinski definition) is 3. The molecular weight excluding hydrogens is 196 g/mol. The van der Waals surface area contributed by atoms with E-state index in [1.807, 2.05) is 0 Å². The number of amides is 1. The van der Waals surface area contributed by atoms with Crippen molar-refractivity contribution in [3.63, 3.8) is 0 Å². The molecular formula is C10H18N2O3. The van der Waals surface area contributed by atoms with Crippen LogP contribution in [-0.2, 0) is 9.59 Å². The van der Waals surface area contributed by atoms with Gasteiger partial charge in [-0.1, -0.05) is 25.7 Å². The number of nitrogens with two attached hydrogens (primary N) is 1. The largest absolute Gasteiger partial charge is 0.480 e. The summed E-state index contributed by atoms with van der Waals surface area (Å²) in [6.07, 6.45) is 3.49. The maximum Gasteiger partial charge on any atom is 0.326 e. The van der Waals surface area contributed by atoms with Gasteiger partial charge in [0.15, 0.2) is 0 Å². The van der Waals surface area contributed by atoms with Crippen molar-refractivity contribution in [2.75, 3.05) is 6.54 Å². The number of aliphatic carboxylic acids is 1. The molecule has 0 unspecified atom stereocenters. The van der Waals surface area contributed by atoms with Crippen molar-refractivity contribution in [2.24, 2.45) is 11.6 Å². The molecule has 0 heterocycles. The van der Waals surface area contributed by atoms with Crippen LogP contribution in [0.4, 0.5) is 0 Å². The number of carboxylic acid groups (broad SMARTS) is 1. The van der Waals surface area contributed by atoms with Gasteiger partial charge in [-0.2, -0.15) is 0 Å². The lowest BCUT2D eigenvalue weighted by atomic mass is 9.98. The fraction of sp³-hybridized carbons (Fsp3) is 0.800. The van der Waals surface area contributed by atoms with E-state index in [4.69, 9.17) is 12.2 Å². The van der Waals surface area contributed by atoms with Gasteiger partial charge in [-0.15, -0.1) is 0 Å². The summed E-state index contributed by atoms with van der Waals surface area (Å²) in [4.78, 5) is 22.0. The van der Waals surface area contributed by atoms with Crippen molar-refractivity contribution in [3.05, 3.63) is 0 Å². The van der Waals surface area contributed by atoms with E-state index in [1.54, 1.807) is 0 Å². The van der Waals surface area contributed by atoms with Gasteiger partial charge >= 0.3 is 5.97 Å². The molecule has 1 rings (SSSR count). The first-order chi connectivity index (χ1) is 7.47. The number of nitrogens with one attached hydrogen (secondary N) is 1. The second kappa shape index (κ2) is 5.70. The molecule has 1 aliphatic carbocycles. The molecule has 1 amide bonds. The van der Waals surface area contributed by atoms with Crippen LogP contribution in [0.1, 0.15) is 33.5 Å². The Morgan fingerprint density at radius 2 is 2.13 bits per heavy atom. The third-order valence-electron chi connectivity index (χ3n) is 2.62. The van der Waals surface area contributed by atoms with E-state index < -0.39 is 23.8 Å². The molecule has 0 aromatic heterocycles. The number of carboxylic acids is 1. The Morgan fingerprint density at radius 3 is 2.60 bits per heavy atom. The van der Waals surface area contributed by atoms with Gasteiger partial charge in [-0.3, -0.25) is 4.79 Å². The van der Waals surface area contributed by atoms with Gasteiger partial charge in [0.05, 0.1) is 6.54 Å². The lowest BCUT2D eigenvalue weighted by Crippen LogP contribution is -2.44. The Morgan fingerprint density at radius 1 is 1.53 bits per heavy atom. The van der Waals surface area contributed by atoms with Crippen LogP contribution in [0, 0.1) is 5.89 Å². The molecule has 86 valence electrons. The van der Waals surface area contributed by atoms with Gasteiger partial charge < -0.3 is 16.2 Å². The summed E-state index contributed by atoms with van der Waals surface area (Å²) in [6, 6.07) is -0.994. The highest BCUT2D eigenvalue weighted by atomic mass is 16.4. The van der Waals surface area contributed by atoms with Gasteiger partial charge in [0.25, 0.3) is 0 Å². The first-order valence-electron chi connectivity index (χ1n) is 5.69. The van der Waals surface area contributed by atoms with Gasteiger partial charge in [0, 0.05) is 1.37 Å². The summed E-state index contributed by atoms with van der Waals surface area (Å²) < 4.78 is 8.06. The number of carbonyl (C=O) groups excluding carboxylic acids is 1. The molecule has 1 aliphatic rings. The van der Waals surface area contributed by atoms with Crippen LogP contribution >= 0.6 is 0 Å². The first-order valence-corrected chi connectivity index (χ1v) is 5.19. The lowest BCUT2D eigenvalue weighted by Gasteiger charge is -2.17. The zero-order valence-corrected chi connectivity index (χ0v) is 8.66. The average molecular weight is 215 g/mol. The Balaban J connectivity index is 2.57. The molecule has 1 atom stereocenters. The van der Waals surface area contributed by atoms with E-state index in [0.717, 1.165) is 12.8 Å². The Labute approximate surface area is 90.4 Å². The van der Waals surface area contributed by atoms with Gasteiger partial charge in [0.2, 0.25) is 5.91 Å². The van der Waals surface area contributed by atoms with Crippen LogP contribution < -0.4 is 11.1 Å². The SMILES string of the molecule is [2H]C1(C[C@H](NC(=O)CN)C(=O)O)CCCC1. The van der Waals surface area contributed by atoms with Crippen molar-refractivity contribution in [1.29, 1.82) is 0 Å². The molecule has 0 aliphatic heterocycles. The molecule has 1 saturated carbocycles. The molecule has 0 bridgehead atoms. The quantitative estimate of drug-likeness (QED) is 0.606. The zero-order valence-electron chi connectivity index (χ0n) is 9.66. The highest BCUT2D eigenvalue weighted by Gasteiger charge is 2.25. The third-order valence-corrected chi connectivity index (χ3v) is 2.62. The first kappa shape index (κ1) is 10.4. The van der Waals surface area contributed by atoms with Crippen LogP contribution in [0.3, 0.4) is 0 Å². The van der Waals surface area contributed by atoms with Crippen molar-refractivity contribution in [1.82, 2.24) is 5.32 Å². The van der Waals surface area contributed by atoms with Gasteiger partial charge in [-0.25, -0.2) is 4.79 Å². The van der Waals surface area contributed by atoms with Crippen molar-refractivity contribution in [3.8, 4) is 0 Å². The smallest absolute Gasteiger partial charge is 0.326 e. The maximum atomic E-state index is 11.0. The molecule has 0 aromatic carbocycles. The summed E-state index contributed by atoms with van der Waals surface area (Å²) >= 11 is 0. The van der Waals surface area contributed by atoms with E-state index in [-0.39, 0.29) is 13.0 Å². The van der Waals surface area contributed by atoms with Gasteiger partial charge in [0.1, 0.15) is 6.04 Å². The van der Waals surface area contributed by atoms with Crippen LogP contribution in [0.5, 0.6) is 0 Å². The predicted octanol–water partition coefficient (Wildman–Crippen LogP) is 0.0948. The zero-order chi connectivity index (χ0) is 12.2. The standard InChI is InChI=1S/C10H18N2O3/c11-6-9(13)12-8(10(14)15)5-7-3-1-2-4-7/h7-8H,1-6,11H2,(H,12,13)(H,14,15)/t8-/m0/s1/i7D. The minimum absolute atomic E-state index is 0.161. The molecule has 5 nitrogen and oxygen atoms in total. The molecule has 0 spiro atoms. The summed E-state index contributed by atoms with van der Waals surface area (Å²) in [5.74, 6) is -2.29. The Bertz CT molecular complexity index is 277. The highest BCUT2D eigenvalue weighted by Crippen LogP contribution is 2.28. The Hall–Kier alpha value is -1.10. The van der Waals surface area contributed by atoms with E-state index in [0.29, 0.717) is 12.8 Å². The van der Waals surface area contributed by atoms with Crippen molar-refractivity contribution >= 4 is 11.9 Å². The molecule has 5 heteroatoms. The maximum absolute atomic E-state index is 11.0. The minimum Gasteiger partial charge on any atom is -0.480 e. The number of rotatable bonds is 5. The lowest BCUT2D eigenvalue weighted by molar-refractivity contribution is -0.142. The summed E-state index contributed by atoms with van der Waals surface area (Å²) in [6.45, 7) is -0.227. The topological polar surface area (TPSA) is 92.4 Å².